The largest absolute Gasteiger partial charge is 0.204 e. The molecule has 28 heavy (non-hydrogen) atoms. The lowest BCUT2D eigenvalue weighted by atomic mass is 9.63. The van der Waals surface area contributed by atoms with Crippen molar-refractivity contribution >= 4 is 0 Å². The summed E-state index contributed by atoms with van der Waals surface area (Å²) in [5.74, 6) is 1.77. The normalized spacial score (nSPS) is 27.2. The van der Waals surface area contributed by atoms with Crippen LogP contribution in [0.15, 0.2) is 55.1 Å². The minimum absolute atomic E-state index is 0.643. The summed E-state index contributed by atoms with van der Waals surface area (Å²) in [4.78, 5) is 0. The minimum atomic E-state index is -0.795. The van der Waals surface area contributed by atoms with Gasteiger partial charge in [0.25, 0.3) is 0 Å². The Bertz CT molecular complexity index is 808. The van der Waals surface area contributed by atoms with Crippen LogP contribution >= 0.6 is 0 Å². The van der Waals surface area contributed by atoms with Gasteiger partial charge in [0.05, 0.1) is 0 Å². The molecule has 0 radical (unpaired) electrons. The van der Waals surface area contributed by atoms with Gasteiger partial charge in [0, 0.05) is 0 Å². The first-order chi connectivity index (χ1) is 13.6. The lowest BCUT2D eigenvalue weighted by molar-refractivity contribution is 0.115. The van der Waals surface area contributed by atoms with Crippen molar-refractivity contribution in [2.24, 2.45) is 17.8 Å². The van der Waals surface area contributed by atoms with E-state index in [-0.39, 0.29) is 0 Å². The van der Waals surface area contributed by atoms with Gasteiger partial charge in [-0.3, -0.25) is 0 Å². The van der Waals surface area contributed by atoms with Crippen LogP contribution in [0.25, 0.3) is 11.1 Å². The van der Waals surface area contributed by atoms with Gasteiger partial charge in [0.1, 0.15) is 0 Å². The summed E-state index contributed by atoms with van der Waals surface area (Å²) in [5.41, 5.74) is 3.07. The molecule has 4 atom stereocenters. The summed E-state index contributed by atoms with van der Waals surface area (Å²) in [6.45, 7) is 3.87. The van der Waals surface area contributed by atoms with Gasteiger partial charge in [-0.2, -0.15) is 0 Å². The zero-order valence-electron chi connectivity index (χ0n) is 16.5. The standard InChI is InChI=1S/C26H30F2/c1-2-3-4-18-5-6-23-16-22(12-11-21(23)15-18)19-7-9-20(10-8-19)24-13-14-25(27)26(28)17-24/h2,7-10,13-14,17-18,21-23H,1,3-6,11-12,15-16H2. The third-order valence-electron chi connectivity index (χ3n) is 7.14. The van der Waals surface area contributed by atoms with Crippen molar-refractivity contribution < 1.29 is 8.78 Å². The van der Waals surface area contributed by atoms with Gasteiger partial charge in [-0.1, -0.05) is 42.8 Å². The zero-order valence-corrected chi connectivity index (χ0v) is 16.5. The number of hydrogen-bond acceptors (Lipinski definition) is 0. The molecule has 4 rings (SSSR count). The van der Waals surface area contributed by atoms with Crippen molar-refractivity contribution in [3.63, 3.8) is 0 Å². The van der Waals surface area contributed by atoms with E-state index in [0.29, 0.717) is 5.92 Å². The van der Waals surface area contributed by atoms with Crippen LogP contribution in [0.2, 0.25) is 0 Å². The lowest BCUT2D eigenvalue weighted by Crippen LogP contribution is -2.30. The van der Waals surface area contributed by atoms with E-state index in [0.717, 1.165) is 35.3 Å². The number of benzene rings is 2. The monoisotopic (exact) mass is 380 g/mol. The van der Waals surface area contributed by atoms with Crippen LogP contribution in [-0.2, 0) is 0 Å². The molecule has 148 valence electrons. The fourth-order valence-corrected chi connectivity index (χ4v) is 5.53. The van der Waals surface area contributed by atoms with Gasteiger partial charge in [-0.05, 0) is 97.4 Å². The number of allylic oxidation sites excluding steroid dienone is 1. The summed E-state index contributed by atoms with van der Waals surface area (Å²) in [6, 6.07) is 12.6. The Kier molecular flexibility index (Phi) is 5.94. The Balaban J connectivity index is 1.39. The molecule has 2 fully saturated rings. The van der Waals surface area contributed by atoms with Crippen LogP contribution in [0.3, 0.4) is 0 Å². The van der Waals surface area contributed by atoms with Crippen molar-refractivity contribution in [3.8, 4) is 11.1 Å². The van der Waals surface area contributed by atoms with Crippen LogP contribution in [0.1, 0.15) is 62.8 Å². The molecular formula is C26H30F2. The molecule has 0 nitrogen and oxygen atoms in total. The highest BCUT2D eigenvalue weighted by atomic mass is 19.2. The maximum Gasteiger partial charge on any atom is 0.159 e. The minimum Gasteiger partial charge on any atom is -0.204 e. The van der Waals surface area contributed by atoms with Crippen LogP contribution < -0.4 is 0 Å². The number of fused-ring (bicyclic) bond motifs is 1. The fraction of sp³-hybridized carbons (Fsp3) is 0.462. The van der Waals surface area contributed by atoms with E-state index in [1.165, 1.54) is 62.6 Å². The maximum atomic E-state index is 13.5. The van der Waals surface area contributed by atoms with Gasteiger partial charge in [0.15, 0.2) is 11.6 Å². The van der Waals surface area contributed by atoms with Crippen molar-refractivity contribution in [1.29, 1.82) is 0 Å². The Labute approximate surface area is 167 Å². The quantitative estimate of drug-likeness (QED) is 0.462. The third kappa shape index (κ3) is 4.21. The first-order valence-corrected chi connectivity index (χ1v) is 10.8. The Hall–Kier alpha value is -1.96. The predicted molar refractivity (Wildman–Crippen MR) is 112 cm³/mol. The van der Waals surface area contributed by atoms with Gasteiger partial charge >= 0.3 is 0 Å². The average molecular weight is 381 g/mol. The van der Waals surface area contributed by atoms with E-state index < -0.39 is 11.6 Å². The van der Waals surface area contributed by atoms with Gasteiger partial charge in [-0.25, -0.2) is 8.78 Å². The number of hydrogen-bond donors (Lipinski definition) is 0. The first-order valence-electron chi connectivity index (χ1n) is 10.8. The van der Waals surface area contributed by atoms with E-state index in [4.69, 9.17) is 0 Å². The zero-order chi connectivity index (χ0) is 19.5. The highest BCUT2D eigenvalue weighted by Crippen LogP contribution is 2.48. The average Bonchev–Trinajstić information content (AvgIpc) is 2.74. The summed E-state index contributed by atoms with van der Waals surface area (Å²) < 4.78 is 26.7. The summed E-state index contributed by atoms with van der Waals surface area (Å²) in [6.07, 6.45) is 12.7. The van der Waals surface area contributed by atoms with E-state index in [9.17, 15) is 8.78 Å². The first kappa shape index (κ1) is 19.4. The van der Waals surface area contributed by atoms with Crippen molar-refractivity contribution in [1.82, 2.24) is 0 Å². The van der Waals surface area contributed by atoms with E-state index in [1.54, 1.807) is 6.07 Å². The Morgan fingerprint density at radius 2 is 1.54 bits per heavy atom. The highest BCUT2D eigenvalue weighted by molar-refractivity contribution is 5.63. The molecule has 0 spiro atoms. The highest BCUT2D eigenvalue weighted by Gasteiger charge is 2.35. The van der Waals surface area contributed by atoms with Crippen molar-refractivity contribution in [2.45, 2.75) is 57.3 Å². The summed E-state index contributed by atoms with van der Waals surface area (Å²) in [7, 11) is 0. The molecule has 0 N–H and O–H groups in total. The Morgan fingerprint density at radius 3 is 2.29 bits per heavy atom. The van der Waals surface area contributed by atoms with E-state index in [1.807, 2.05) is 0 Å². The number of halogens is 2. The molecule has 2 aromatic rings. The molecule has 0 amide bonds. The smallest absolute Gasteiger partial charge is 0.159 e. The third-order valence-corrected chi connectivity index (χ3v) is 7.14. The molecule has 2 saturated carbocycles. The molecule has 0 bridgehead atoms. The predicted octanol–water partition coefficient (Wildman–Crippen LogP) is 7.90. The van der Waals surface area contributed by atoms with Crippen LogP contribution in [-0.4, -0.2) is 0 Å². The molecule has 2 aliphatic rings. The molecule has 0 heterocycles. The fourth-order valence-electron chi connectivity index (χ4n) is 5.53. The second-order valence-electron chi connectivity index (χ2n) is 8.83. The van der Waals surface area contributed by atoms with Crippen molar-refractivity contribution in [3.05, 3.63) is 72.3 Å². The maximum absolute atomic E-state index is 13.5. The summed E-state index contributed by atoms with van der Waals surface area (Å²) in [5, 5.41) is 0. The second kappa shape index (κ2) is 8.59. The SMILES string of the molecule is C=CCCC1CCC2CC(c3ccc(-c4ccc(F)c(F)c4)cc3)CCC2C1. The second-order valence-corrected chi connectivity index (χ2v) is 8.83. The molecule has 4 unspecified atom stereocenters. The Morgan fingerprint density at radius 1 is 0.821 bits per heavy atom. The van der Waals surface area contributed by atoms with E-state index >= 15 is 0 Å². The molecular weight excluding hydrogens is 350 g/mol. The molecule has 2 aromatic carbocycles. The van der Waals surface area contributed by atoms with Crippen molar-refractivity contribution in [2.75, 3.05) is 0 Å². The topological polar surface area (TPSA) is 0 Å². The van der Waals surface area contributed by atoms with Gasteiger partial charge in [-0.15, -0.1) is 6.58 Å². The lowest BCUT2D eigenvalue weighted by Gasteiger charge is -2.42. The van der Waals surface area contributed by atoms with Crippen LogP contribution in [0, 0.1) is 29.4 Å². The molecule has 2 aliphatic carbocycles. The number of rotatable bonds is 5. The van der Waals surface area contributed by atoms with Gasteiger partial charge < -0.3 is 0 Å². The molecule has 2 heteroatoms. The molecule has 0 aliphatic heterocycles. The molecule has 0 saturated heterocycles. The van der Waals surface area contributed by atoms with Crippen LogP contribution in [0.5, 0.6) is 0 Å². The molecule has 0 aromatic heterocycles. The van der Waals surface area contributed by atoms with E-state index in [2.05, 4.69) is 36.9 Å². The van der Waals surface area contributed by atoms with Gasteiger partial charge in [0.2, 0.25) is 0 Å². The summed E-state index contributed by atoms with van der Waals surface area (Å²) >= 11 is 0. The van der Waals surface area contributed by atoms with Crippen LogP contribution in [0.4, 0.5) is 8.78 Å².